The van der Waals surface area contributed by atoms with Crippen LogP contribution in [0.4, 0.5) is 20.3 Å². The second kappa shape index (κ2) is 11.4. The van der Waals surface area contributed by atoms with Crippen molar-refractivity contribution >= 4 is 54.9 Å². The number of nitrogens with zero attached hydrogens (tertiary/aromatic N) is 3. The maximum absolute atomic E-state index is 14.2. The quantitative estimate of drug-likeness (QED) is 0.236. The fourth-order valence-corrected chi connectivity index (χ4v) is 6.40. The topological polar surface area (TPSA) is 83.9 Å². The molecule has 0 amide bonds. The summed E-state index contributed by atoms with van der Waals surface area (Å²) in [4.78, 5) is 9.78. The Labute approximate surface area is 236 Å². The Morgan fingerprint density at radius 3 is 2.95 bits per heavy atom. The Hall–Kier alpha value is -3.69. The van der Waals surface area contributed by atoms with Crippen molar-refractivity contribution < 1.29 is 13.0 Å². The Balaban J connectivity index is 1.18. The first-order chi connectivity index (χ1) is 19.4. The Morgan fingerprint density at radius 2 is 2.08 bits per heavy atom. The highest BCUT2D eigenvalue weighted by atomic mass is 32.2. The predicted molar refractivity (Wildman–Crippen MR) is 157 cm³/mol. The molecule has 7 nitrogen and oxygen atoms in total. The van der Waals surface area contributed by atoms with Crippen molar-refractivity contribution in [2.75, 3.05) is 17.6 Å². The fourth-order valence-electron chi connectivity index (χ4n) is 4.77. The summed E-state index contributed by atoms with van der Waals surface area (Å²) < 4.78 is 45.5. The molecule has 1 fully saturated rings. The monoisotopic (exact) mass is 576 g/mol. The first kappa shape index (κ1) is 26.5. The summed E-state index contributed by atoms with van der Waals surface area (Å²) in [6.45, 7) is 2.87. The summed E-state index contributed by atoms with van der Waals surface area (Å²) in [7, 11) is -1.00. The van der Waals surface area contributed by atoms with Gasteiger partial charge in [0.1, 0.15) is 18.0 Å². The van der Waals surface area contributed by atoms with Crippen molar-refractivity contribution in [1.29, 1.82) is 0 Å². The lowest BCUT2D eigenvalue weighted by Gasteiger charge is -2.09. The van der Waals surface area contributed by atoms with Crippen LogP contribution in [0.3, 0.4) is 0 Å². The highest BCUT2D eigenvalue weighted by molar-refractivity contribution is 7.83. The molecule has 3 N–H and O–H groups in total. The molecule has 204 valence electrons. The van der Waals surface area contributed by atoms with Crippen molar-refractivity contribution in [3.8, 4) is 11.8 Å². The van der Waals surface area contributed by atoms with Crippen molar-refractivity contribution in [3.63, 3.8) is 0 Å². The van der Waals surface area contributed by atoms with Crippen LogP contribution >= 0.6 is 11.3 Å². The molecule has 2 aromatic carbocycles. The van der Waals surface area contributed by atoms with Gasteiger partial charge in [0, 0.05) is 46.7 Å². The molecule has 1 aliphatic heterocycles. The first-order valence-electron chi connectivity index (χ1n) is 12.9. The Morgan fingerprint density at radius 1 is 1.18 bits per heavy atom. The average Bonchev–Trinajstić information content (AvgIpc) is 3.68. The minimum Gasteiger partial charge on any atom is -0.343 e. The van der Waals surface area contributed by atoms with Gasteiger partial charge < -0.3 is 15.2 Å². The highest BCUT2D eigenvalue weighted by Gasteiger charge is 2.23. The lowest BCUT2D eigenvalue weighted by molar-refractivity contribution is 0.579. The van der Waals surface area contributed by atoms with E-state index in [-0.39, 0.29) is 18.6 Å². The summed E-state index contributed by atoms with van der Waals surface area (Å²) in [6.07, 6.45) is 4.20. The molecule has 0 radical (unpaired) electrons. The lowest BCUT2D eigenvalue weighted by Crippen LogP contribution is -2.33. The molecule has 1 aliphatic rings. The van der Waals surface area contributed by atoms with Crippen LogP contribution in [-0.4, -0.2) is 43.1 Å². The van der Waals surface area contributed by atoms with E-state index in [0.29, 0.717) is 17.1 Å². The average molecular weight is 577 g/mol. The molecule has 0 saturated carbocycles. The molecule has 0 spiro atoms. The Kier molecular flexibility index (Phi) is 7.58. The zero-order valence-electron chi connectivity index (χ0n) is 21.6. The van der Waals surface area contributed by atoms with Gasteiger partial charge in [-0.05, 0) is 55.0 Å². The van der Waals surface area contributed by atoms with Gasteiger partial charge in [0.15, 0.2) is 5.82 Å². The number of thiophene rings is 1. The third-order valence-electron chi connectivity index (χ3n) is 6.75. The predicted octanol–water partition coefficient (Wildman–Crippen LogP) is 5.07. The summed E-state index contributed by atoms with van der Waals surface area (Å²) >= 11 is 1.53. The van der Waals surface area contributed by atoms with Crippen LogP contribution in [0.1, 0.15) is 23.8 Å². The van der Waals surface area contributed by atoms with Crippen LogP contribution in [0.5, 0.6) is 0 Å². The molecule has 1 saturated heterocycles. The molecule has 5 aromatic rings. The third-order valence-corrected chi connectivity index (χ3v) is 8.92. The molecule has 3 atom stereocenters. The van der Waals surface area contributed by atoms with E-state index in [2.05, 4.69) is 37.2 Å². The SMILES string of the molecule is CCS(=O)NC1CN[C@H](C#Cc2cc3ncnc(Nc4ccc5c(ccn5Cc5cc(F)ccc5F)c4)c3s2)C1. The highest BCUT2D eigenvalue weighted by Crippen LogP contribution is 2.31. The number of benzene rings is 2. The van der Waals surface area contributed by atoms with Crippen LogP contribution in [0.15, 0.2) is 61.1 Å². The number of rotatable bonds is 7. The number of hydrogen-bond acceptors (Lipinski definition) is 6. The largest absolute Gasteiger partial charge is 0.343 e. The van der Waals surface area contributed by atoms with E-state index in [1.54, 1.807) is 0 Å². The van der Waals surface area contributed by atoms with Gasteiger partial charge in [0.05, 0.1) is 38.7 Å². The number of fused-ring (bicyclic) bond motifs is 2. The molecule has 0 bridgehead atoms. The van der Waals surface area contributed by atoms with Crippen LogP contribution in [0.2, 0.25) is 0 Å². The third kappa shape index (κ3) is 5.76. The number of halogens is 2. The van der Waals surface area contributed by atoms with E-state index in [1.165, 1.54) is 23.7 Å². The van der Waals surface area contributed by atoms with E-state index in [4.69, 9.17) is 0 Å². The van der Waals surface area contributed by atoms with Crippen molar-refractivity contribution in [2.24, 2.45) is 0 Å². The van der Waals surface area contributed by atoms with Gasteiger partial charge in [-0.15, -0.1) is 11.3 Å². The smallest absolute Gasteiger partial charge is 0.151 e. The van der Waals surface area contributed by atoms with Crippen molar-refractivity contribution in [2.45, 2.75) is 32.0 Å². The molecule has 0 aliphatic carbocycles. The summed E-state index contributed by atoms with van der Waals surface area (Å²) in [5, 5.41) is 7.74. The van der Waals surface area contributed by atoms with Gasteiger partial charge in [0.25, 0.3) is 0 Å². The summed E-state index contributed by atoms with van der Waals surface area (Å²) in [5.41, 5.74) is 2.87. The number of anilines is 2. The van der Waals surface area contributed by atoms with Gasteiger partial charge in [-0.25, -0.2) is 27.7 Å². The van der Waals surface area contributed by atoms with Crippen LogP contribution in [0, 0.1) is 23.5 Å². The van der Waals surface area contributed by atoms with E-state index < -0.39 is 22.6 Å². The molecular formula is C29H26F2N6OS2. The summed E-state index contributed by atoms with van der Waals surface area (Å²) in [5.74, 6) is 6.94. The van der Waals surface area contributed by atoms with Gasteiger partial charge in [0.2, 0.25) is 0 Å². The van der Waals surface area contributed by atoms with E-state index in [1.807, 2.05) is 48.0 Å². The standard InChI is InChI=1S/C29H26F2N6OS2/c1-2-40(38)36-23-13-21(32-15-23)4-6-24-14-26-28(39-24)29(34-17-33-26)35-22-5-8-27-18(12-22)9-10-37(27)16-19-11-20(30)3-7-25(19)31/h3,5,7-12,14,17,21,23,32,36H,2,13,15-16H2,1H3,(H,33,34,35)/t21-,23?,40?/m1/s1. The molecule has 11 heteroatoms. The van der Waals surface area contributed by atoms with Crippen molar-refractivity contribution in [3.05, 3.63) is 83.1 Å². The normalized spacial score (nSPS) is 17.7. The first-order valence-corrected chi connectivity index (χ1v) is 15.0. The van der Waals surface area contributed by atoms with Crippen LogP contribution < -0.4 is 15.4 Å². The van der Waals surface area contributed by atoms with Gasteiger partial charge in [-0.2, -0.15) is 0 Å². The molecular weight excluding hydrogens is 550 g/mol. The molecule has 3 aromatic heterocycles. The second-order valence-corrected chi connectivity index (χ2v) is 12.1. The Bertz CT molecular complexity index is 1790. The number of nitrogens with one attached hydrogen (secondary N) is 3. The van der Waals surface area contributed by atoms with Crippen molar-refractivity contribution in [1.82, 2.24) is 24.6 Å². The molecule has 4 heterocycles. The minimum absolute atomic E-state index is 0.0386. The van der Waals surface area contributed by atoms with Gasteiger partial charge in [-0.3, -0.25) is 0 Å². The summed E-state index contributed by atoms with van der Waals surface area (Å²) in [6, 6.07) is 13.5. The van der Waals surface area contributed by atoms with E-state index >= 15 is 0 Å². The number of hydrogen-bond donors (Lipinski definition) is 3. The maximum atomic E-state index is 14.2. The zero-order chi connectivity index (χ0) is 27.6. The van der Waals surface area contributed by atoms with Crippen LogP contribution in [0.25, 0.3) is 21.1 Å². The second-order valence-electron chi connectivity index (χ2n) is 9.54. The fraction of sp³-hybridized carbons (Fsp3) is 0.241. The van der Waals surface area contributed by atoms with E-state index in [9.17, 15) is 13.0 Å². The molecule has 6 rings (SSSR count). The number of aromatic nitrogens is 3. The van der Waals surface area contributed by atoms with Gasteiger partial charge in [-0.1, -0.05) is 18.8 Å². The maximum Gasteiger partial charge on any atom is 0.151 e. The van der Waals surface area contributed by atoms with Crippen LogP contribution in [-0.2, 0) is 17.5 Å². The molecule has 40 heavy (non-hydrogen) atoms. The lowest BCUT2D eigenvalue weighted by atomic mass is 10.2. The zero-order valence-corrected chi connectivity index (χ0v) is 23.2. The van der Waals surface area contributed by atoms with Gasteiger partial charge >= 0.3 is 0 Å². The minimum atomic E-state index is -1.00. The molecule has 2 unspecified atom stereocenters. The van der Waals surface area contributed by atoms with E-state index in [0.717, 1.165) is 56.8 Å².